The molecule has 0 saturated heterocycles. The minimum absolute atomic E-state index is 0.192. The van der Waals surface area contributed by atoms with Gasteiger partial charge in [-0.25, -0.2) is 4.98 Å². The van der Waals surface area contributed by atoms with Crippen LogP contribution in [0.25, 0.3) is 0 Å². The Bertz CT molecular complexity index is 556. The SMILES string of the molecule is CC(C)(C)C(=O)C(CCOc1ccccc1)n1ccnc1. The van der Waals surface area contributed by atoms with Crippen molar-refractivity contribution in [1.29, 1.82) is 0 Å². The number of benzene rings is 1. The van der Waals surface area contributed by atoms with Crippen LogP contribution in [-0.4, -0.2) is 21.9 Å². The summed E-state index contributed by atoms with van der Waals surface area (Å²) in [4.78, 5) is 16.6. The highest BCUT2D eigenvalue weighted by Crippen LogP contribution is 2.26. The molecular formula is C17H22N2O2. The van der Waals surface area contributed by atoms with Crippen molar-refractivity contribution >= 4 is 5.78 Å². The summed E-state index contributed by atoms with van der Waals surface area (Å²) in [7, 11) is 0. The summed E-state index contributed by atoms with van der Waals surface area (Å²) in [6.45, 7) is 6.32. The van der Waals surface area contributed by atoms with E-state index in [0.29, 0.717) is 13.0 Å². The van der Waals surface area contributed by atoms with Crippen LogP contribution in [0.1, 0.15) is 33.2 Å². The highest BCUT2D eigenvalue weighted by Gasteiger charge is 2.30. The lowest BCUT2D eigenvalue weighted by atomic mass is 9.85. The first-order valence-electron chi connectivity index (χ1n) is 7.18. The summed E-state index contributed by atoms with van der Waals surface area (Å²) in [6, 6.07) is 9.41. The van der Waals surface area contributed by atoms with Crippen molar-refractivity contribution < 1.29 is 9.53 Å². The Morgan fingerprint density at radius 1 is 1.29 bits per heavy atom. The molecule has 1 aromatic carbocycles. The molecule has 4 nitrogen and oxygen atoms in total. The van der Waals surface area contributed by atoms with Gasteiger partial charge in [0.05, 0.1) is 19.0 Å². The Kier molecular flexibility index (Phi) is 4.78. The molecule has 0 radical (unpaired) electrons. The molecule has 2 aromatic rings. The van der Waals surface area contributed by atoms with E-state index in [-0.39, 0.29) is 17.2 Å². The average Bonchev–Trinajstić information content (AvgIpc) is 2.97. The van der Waals surface area contributed by atoms with Crippen molar-refractivity contribution in [2.24, 2.45) is 5.41 Å². The van der Waals surface area contributed by atoms with Crippen molar-refractivity contribution in [3.05, 3.63) is 49.1 Å². The number of rotatable bonds is 6. The van der Waals surface area contributed by atoms with Crippen LogP contribution in [0, 0.1) is 5.41 Å². The Hall–Kier alpha value is -2.10. The van der Waals surface area contributed by atoms with Crippen LogP contribution >= 0.6 is 0 Å². The van der Waals surface area contributed by atoms with Crippen LogP contribution in [0.15, 0.2) is 49.1 Å². The van der Waals surface area contributed by atoms with Crippen LogP contribution in [0.3, 0.4) is 0 Å². The van der Waals surface area contributed by atoms with Crippen molar-refractivity contribution in [3.63, 3.8) is 0 Å². The molecule has 0 fully saturated rings. The topological polar surface area (TPSA) is 44.1 Å². The number of aromatic nitrogens is 2. The van der Waals surface area contributed by atoms with Gasteiger partial charge in [0.1, 0.15) is 5.75 Å². The van der Waals surface area contributed by atoms with Crippen LogP contribution in [-0.2, 0) is 4.79 Å². The Labute approximate surface area is 125 Å². The standard InChI is InChI=1S/C17H22N2O2/c1-17(2,3)16(20)15(19-11-10-18-13-19)9-12-21-14-7-5-4-6-8-14/h4-8,10-11,13,15H,9,12H2,1-3H3. The van der Waals surface area contributed by atoms with Gasteiger partial charge in [-0.15, -0.1) is 0 Å². The van der Waals surface area contributed by atoms with Gasteiger partial charge in [0.25, 0.3) is 0 Å². The number of ether oxygens (including phenoxy) is 1. The predicted octanol–water partition coefficient (Wildman–Crippen LogP) is 3.51. The molecule has 1 heterocycles. The van der Waals surface area contributed by atoms with E-state index in [2.05, 4.69) is 4.98 Å². The predicted molar refractivity (Wildman–Crippen MR) is 82.3 cm³/mol. The molecule has 0 aliphatic heterocycles. The summed E-state index contributed by atoms with van der Waals surface area (Å²) in [5.74, 6) is 1.02. The Morgan fingerprint density at radius 3 is 2.57 bits per heavy atom. The summed E-state index contributed by atoms with van der Waals surface area (Å²) in [5.41, 5.74) is -0.387. The fourth-order valence-corrected chi connectivity index (χ4v) is 2.17. The van der Waals surface area contributed by atoms with Gasteiger partial charge in [-0.3, -0.25) is 4.79 Å². The average molecular weight is 286 g/mol. The Morgan fingerprint density at radius 2 is 2.00 bits per heavy atom. The molecule has 0 aliphatic rings. The lowest BCUT2D eigenvalue weighted by Gasteiger charge is -2.25. The summed E-state index contributed by atoms with van der Waals surface area (Å²) in [6.07, 6.45) is 5.84. The number of nitrogens with zero attached hydrogens (tertiary/aromatic N) is 2. The number of Topliss-reactive ketones (excluding diaryl/α,β-unsaturated/α-hetero) is 1. The van der Waals surface area contributed by atoms with Gasteiger partial charge >= 0.3 is 0 Å². The van der Waals surface area contributed by atoms with Gasteiger partial charge < -0.3 is 9.30 Å². The number of hydrogen-bond acceptors (Lipinski definition) is 3. The number of imidazole rings is 1. The van der Waals surface area contributed by atoms with Crippen LogP contribution in [0.5, 0.6) is 5.75 Å². The van der Waals surface area contributed by atoms with Crippen molar-refractivity contribution in [1.82, 2.24) is 9.55 Å². The molecule has 0 saturated carbocycles. The molecule has 0 bridgehead atoms. The molecule has 2 rings (SSSR count). The molecule has 0 aliphatic carbocycles. The lowest BCUT2D eigenvalue weighted by molar-refractivity contribution is -0.130. The van der Waals surface area contributed by atoms with E-state index in [4.69, 9.17) is 4.74 Å². The first-order valence-corrected chi connectivity index (χ1v) is 7.18. The molecule has 0 amide bonds. The molecular weight excluding hydrogens is 264 g/mol. The van der Waals surface area contributed by atoms with E-state index in [1.54, 1.807) is 12.5 Å². The second-order valence-corrected chi connectivity index (χ2v) is 6.09. The minimum atomic E-state index is -0.387. The highest BCUT2D eigenvalue weighted by molar-refractivity contribution is 5.87. The number of carbonyl (C=O) groups excluding carboxylic acids is 1. The first kappa shape index (κ1) is 15.3. The smallest absolute Gasteiger partial charge is 0.161 e. The van der Waals surface area contributed by atoms with E-state index >= 15 is 0 Å². The molecule has 4 heteroatoms. The minimum Gasteiger partial charge on any atom is -0.494 e. The lowest BCUT2D eigenvalue weighted by Crippen LogP contribution is -2.31. The summed E-state index contributed by atoms with van der Waals surface area (Å²) in [5, 5.41) is 0. The molecule has 21 heavy (non-hydrogen) atoms. The number of para-hydroxylation sites is 1. The van der Waals surface area contributed by atoms with Gasteiger partial charge in [-0.1, -0.05) is 39.0 Å². The normalized spacial score (nSPS) is 12.9. The highest BCUT2D eigenvalue weighted by atomic mass is 16.5. The molecule has 1 aromatic heterocycles. The molecule has 1 atom stereocenters. The van der Waals surface area contributed by atoms with Gasteiger partial charge in [-0.2, -0.15) is 0 Å². The first-order chi connectivity index (χ1) is 9.98. The van der Waals surface area contributed by atoms with E-state index in [0.717, 1.165) is 5.75 Å². The maximum absolute atomic E-state index is 12.6. The van der Waals surface area contributed by atoms with Gasteiger partial charge in [0, 0.05) is 24.2 Å². The van der Waals surface area contributed by atoms with Crippen LogP contribution in [0.4, 0.5) is 0 Å². The third-order valence-corrected chi connectivity index (χ3v) is 3.33. The largest absolute Gasteiger partial charge is 0.494 e. The van der Waals surface area contributed by atoms with Crippen molar-refractivity contribution in [3.8, 4) is 5.75 Å². The quantitative estimate of drug-likeness (QED) is 0.816. The third kappa shape index (κ3) is 4.18. The van der Waals surface area contributed by atoms with E-state index in [1.165, 1.54) is 0 Å². The molecule has 1 unspecified atom stereocenters. The molecule has 0 N–H and O–H groups in total. The van der Waals surface area contributed by atoms with E-state index < -0.39 is 0 Å². The van der Waals surface area contributed by atoms with Gasteiger partial charge in [0.2, 0.25) is 0 Å². The zero-order valence-corrected chi connectivity index (χ0v) is 12.8. The number of hydrogen-bond donors (Lipinski definition) is 0. The zero-order valence-electron chi connectivity index (χ0n) is 12.8. The fourth-order valence-electron chi connectivity index (χ4n) is 2.17. The maximum Gasteiger partial charge on any atom is 0.161 e. The molecule has 0 spiro atoms. The number of carbonyl (C=O) groups is 1. The van der Waals surface area contributed by atoms with E-state index in [1.807, 2.05) is 61.9 Å². The maximum atomic E-state index is 12.6. The third-order valence-electron chi connectivity index (χ3n) is 3.33. The van der Waals surface area contributed by atoms with E-state index in [9.17, 15) is 4.79 Å². The second kappa shape index (κ2) is 6.57. The van der Waals surface area contributed by atoms with Gasteiger partial charge in [0.15, 0.2) is 5.78 Å². The van der Waals surface area contributed by atoms with Crippen molar-refractivity contribution in [2.45, 2.75) is 33.2 Å². The van der Waals surface area contributed by atoms with Gasteiger partial charge in [-0.05, 0) is 12.1 Å². The monoisotopic (exact) mass is 286 g/mol. The summed E-state index contributed by atoms with van der Waals surface area (Å²) >= 11 is 0. The second-order valence-electron chi connectivity index (χ2n) is 6.09. The summed E-state index contributed by atoms with van der Waals surface area (Å²) < 4.78 is 7.57. The van der Waals surface area contributed by atoms with Crippen LogP contribution < -0.4 is 4.74 Å². The molecule has 112 valence electrons. The number of ketones is 1. The zero-order chi connectivity index (χ0) is 15.3. The van der Waals surface area contributed by atoms with Crippen molar-refractivity contribution in [2.75, 3.05) is 6.61 Å². The Balaban J connectivity index is 2.02. The van der Waals surface area contributed by atoms with Crippen LogP contribution in [0.2, 0.25) is 0 Å². The fraction of sp³-hybridized carbons (Fsp3) is 0.412.